The number of hydrogen-bond acceptors (Lipinski definition) is 4. The summed E-state index contributed by atoms with van der Waals surface area (Å²) >= 11 is 0. The minimum Gasteiger partial charge on any atom is -0.481 e. The second-order valence-electron chi connectivity index (χ2n) is 7.28. The topological polar surface area (TPSA) is 70.1 Å². The van der Waals surface area contributed by atoms with E-state index in [4.69, 9.17) is 4.74 Å². The van der Waals surface area contributed by atoms with Gasteiger partial charge in [0, 0.05) is 32.7 Å². The van der Waals surface area contributed by atoms with E-state index in [1.165, 1.54) is 5.56 Å². The van der Waals surface area contributed by atoms with Crippen LogP contribution in [0, 0.1) is 11.8 Å². The van der Waals surface area contributed by atoms with Crippen molar-refractivity contribution in [3.63, 3.8) is 0 Å². The molecule has 0 unspecified atom stereocenters. The Morgan fingerprint density at radius 2 is 1.70 bits per heavy atom. The summed E-state index contributed by atoms with van der Waals surface area (Å²) in [7, 11) is 0. The zero-order chi connectivity index (χ0) is 18.8. The first-order chi connectivity index (χ1) is 13.1. The highest BCUT2D eigenvalue weighted by Crippen LogP contribution is 2.40. The van der Waals surface area contributed by atoms with Gasteiger partial charge in [0.25, 0.3) is 0 Å². The zero-order valence-corrected chi connectivity index (χ0v) is 15.1. The molecule has 6 nitrogen and oxygen atoms in total. The monoisotopic (exact) mass is 368 g/mol. The second-order valence-corrected chi connectivity index (χ2v) is 7.28. The van der Waals surface area contributed by atoms with E-state index in [1.807, 2.05) is 24.3 Å². The zero-order valence-electron chi connectivity index (χ0n) is 15.1. The van der Waals surface area contributed by atoms with Crippen molar-refractivity contribution in [1.82, 2.24) is 9.80 Å². The molecule has 6 heteroatoms. The number of amides is 1. The SMILES string of the molecule is O=C(O)[C@@H]1[C@H](C(=O)N2CCN(C/C=C/c3ccccc3)CC2)[C@H]2C=C[C@H]1O2. The van der Waals surface area contributed by atoms with Gasteiger partial charge in [-0.3, -0.25) is 14.5 Å². The van der Waals surface area contributed by atoms with Crippen LogP contribution in [0.15, 0.2) is 48.6 Å². The summed E-state index contributed by atoms with van der Waals surface area (Å²) in [4.78, 5) is 28.6. The number of nitrogens with zero attached hydrogens (tertiary/aromatic N) is 2. The van der Waals surface area contributed by atoms with Gasteiger partial charge < -0.3 is 14.7 Å². The molecule has 2 saturated heterocycles. The number of aliphatic carboxylic acids is 1. The molecule has 3 aliphatic heterocycles. The number of piperazine rings is 1. The fourth-order valence-electron chi connectivity index (χ4n) is 4.16. The van der Waals surface area contributed by atoms with Crippen molar-refractivity contribution < 1.29 is 19.4 Å². The van der Waals surface area contributed by atoms with Crippen LogP contribution in [0.1, 0.15) is 5.56 Å². The van der Waals surface area contributed by atoms with Crippen LogP contribution in [0.4, 0.5) is 0 Å². The van der Waals surface area contributed by atoms with Crippen molar-refractivity contribution in [1.29, 1.82) is 0 Å². The molecule has 2 bridgehead atoms. The summed E-state index contributed by atoms with van der Waals surface area (Å²) in [5, 5.41) is 9.49. The van der Waals surface area contributed by atoms with Gasteiger partial charge in [-0.25, -0.2) is 0 Å². The van der Waals surface area contributed by atoms with Gasteiger partial charge in [0.1, 0.15) is 5.92 Å². The molecule has 1 aromatic rings. The lowest BCUT2D eigenvalue weighted by Crippen LogP contribution is -2.52. The third-order valence-corrected chi connectivity index (χ3v) is 5.63. The molecule has 142 valence electrons. The number of fused-ring (bicyclic) bond motifs is 2. The molecule has 3 aliphatic rings. The number of carboxylic acids is 1. The molecule has 1 N–H and O–H groups in total. The fraction of sp³-hybridized carbons (Fsp3) is 0.429. The molecule has 0 radical (unpaired) electrons. The summed E-state index contributed by atoms with van der Waals surface area (Å²) in [5.74, 6) is -2.39. The van der Waals surface area contributed by atoms with Gasteiger partial charge in [0.05, 0.1) is 18.1 Å². The van der Waals surface area contributed by atoms with E-state index in [9.17, 15) is 14.7 Å². The predicted molar refractivity (Wildman–Crippen MR) is 101 cm³/mol. The maximum absolute atomic E-state index is 12.9. The Hall–Kier alpha value is -2.44. The molecule has 4 atom stereocenters. The van der Waals surface area contributed by atoms with E-state index >= 15 is 0 Å². The van der Waals surface area contributed by atoms with Gasteiger partial charge in [0.15, 0.2) is 0 Å². The van der Waals surface area contributed by atoms with Gasteiger partial charge in [-0.05, 0) is 5.56 Å². The van der Waals surface area contributed by atoms with E-state index in [-0.39, 0.29) is 5.91 Å². The van der Waals surface area contributed by atoms with Crippen molar-refractivity contribution in [3.05, 3.63) is 54.1 Å². The first kappa shape index (κ1) is 17.9. The van der Waals surface area contributed by atoms with Crippen molar-refractivity contribution in [3.8, 4) is 0 Å². The molecule has 27 heavy (non-hydrogen) atoms. The van der Waals surface area contributed by atoms with E-state index in [0.717, 1.165) is 19.6 Å². The second kappa shape index (κ2) is 7.66. The summed E-state index contributed by atoms with van der Waals surface area (Å²) in [6, 6.07) is 10.2. The Morgan fingerprint density at radius 1 is 1.04 bits per heavy atom. The lowest BCUT2D eigenvalue weighted by Gasteiger charge is -2.36. The highest BCUT2D eigenvalue weighted by atomic mass is 16.5. The number of carbonyl (C=O) groups excluding carboxylic acids is 1. The quantitative estimate of drug-likeness (QED) is 0.798. The minimum absolute atomic E-state index is 0.0845. The highest BCUT2D eigenvalue weighted by Gasteiger charge is 2.54. The lowest BCUT2D eigenvalue weighted by atomic mass is 9.82. The molecule has 2 fully saturated rings. The number of carbonyl (C=O) groups is 2. The van der Waals surface area contributed by atoms with Gasteiger partial charge in [-0.15, -0.1) is 0 Å². The van der Waals surface area contributed by atoms with Crippen LogP contribution in [0.25, 0.3) is 6.08 Å². The van der Waals surface area contributed by atoms with Crippen LogP contribution >= 0.6 is 0 Å². The molecule has 0 saturated carbocycles. The number of hydrogen-bond donors (Lipinski definition) is 1. The summed E-state index contributed by atoms with van der Waals surface area (Å²) in [5.41, 5.74) is 1.18. The van der Waals surface area contributed by atoms with Crippen molar-refractivity contribution in [2.75, 3.05) is 32.7 Å². The van der Waals surface area contributed by atoms with Gasteiger partial charge in [-0.2, -0.15) is 0 Å². The number of ether oxygens (including phenoxy) is 1. The lowest BCUT2D eigenvalue weighted by molar-refractivity contribution is -0.150. The molecular formula is C21H24N2O4. The van der Waals surface area contributed by atoms with E-state index in [1.54, 1.807) is 11.0 Å². The molecular weight excluding hydrogens is 344 g/mol. The van der Waals surface area contributed by atoms with Crippen molar-refractivity contribution >= 4 is 18.0 Å². The fourth-order valence-corrected chi connectivity index (χ4v) is 4.16. The molecule has 1 amide bonds. The minimum atomic E-state index is -0.949. The standard InChI is InChI=1S/C21H24N2O4/c24-20(18-16-8-9-17(27-16)19(18)21(25)26)23-13-11-22(12-14-23)10-4-7-15-5-2-1-3-6-15/h1-9,16-19H,10-14H2,(H,25,26)/b7-4+/t16-,17-,18-,19+/m1/s1. The first-order valence-electron chi connectivity index (χ1n) is 9.43. The van der Waals surface area contributed by atoms with Crippen molar-refractivity contribution in [2.24, 2.45) is 11.8 Å². The van der Waals surface area contributed by atoms with Gasteiger partial charge in [-0.1, -0.05) is 54.6 Å². The molecule has 0 spiro atoms. The largest absolute Gasteiger partial charge is 0.481 e. The predicted octanol–water partition coefficient (Wildman–Crippen LogP) is 1.50. The van der Waals surface area contributed by atoms with E-state index in [2.05, 4.69) is 29.2 Å². The van der Waals surface area contributed by atoms with Crippen LogP contribution in [-0.4, -0.2) is 71.7 Å². The Balaban J connectivity index is 1.30. The average molecular weight is 368 g/mol. The normalized spacial score (nSPS) is 30.3. The number of benzene rings is 1. The Morgan fingerprint density at radius 3 is 2.37 bits per heavy atom. The molecule has 0 aliphatic carbocycles. The average Bonchev–Trinajstić information content (AvgIpc) is 3.30. The summed E-state index contributed by atoms with van der Waals surface area (Å²) in [6.45, 7) is 3.68. The Labute approximate surface area is 158 Å². The molecule has 1 aromatic carbocycles. The summed E-state index contributed by atoms with van der Waals surface area (Å²) < 4.78 is 5.63. The van der Waals surface area contributed by atoms with Crippen LogP contribution in [0.2, 0.25) is 0 Å². The van der Waals surface area contributed by atoms with Crippen LogP contribution in [0.5, 0.6) is 0 Å². The van der Waals surface area contributed by atoms with Gasteiger partial charge in [0.2, 0.25) is 5.91 Å². The van der Waals surface area contributed by atoms with Crippen molar-refractivity contribution in [2.45, 2.75) is 12.2 Å². The first-order valence-corrected chi connectivity index (χ1v) is 9.43. The van der Waals surface area contributed by atoms with Crippen LogP contribution in [-0.2, 0) is 14.3 Å². The smallest absolute Gasteiger partial charge is 0.310 e. The van der Waals surface area contributed by atoms with Gasteiger partial charge >= 0.3 is 5.97 Å². The third kappa shape index (κ3) is 3.68. The maximum atomic E-state index is 12.9. The molecule has 3 heterocycles. The Bertz CT molecular complexity index is 753. The highest BCUT2D eigenvalue weighted by molar-refractivity contribution is 5.87. The molecule has 0 aromatic heterocycles. The van der Waals surface area contributed by atoms with E-state index < -0.39 is 30.0 Å². The van der Waals surface area contributed by atoms with Crippen LogP contribution in [0.3, 0.4) is 0 Å². The third-order valence-electron chi connectivity index (χ3n) is 5.63. The molecule has 4 rings (SSSR count). The Kier molecular flexibility index (Phi) is 5.09. The number of carboxylic acid groups (broad SMARTS) is 1. The van der Waals surface area contributed by atoms with Crippen LogP contribution < -0.4 is 0 Å². The summed E-state index contributed by atoms with van der Waals surface area (Å²) in [6.07, 6.45) is 6.98. The maximum Gasteiger partial charge on any atom is 0.310 e. The van der Waals surface area contributed by atoms with E-state index in [0.29, 0.717) is 13.1 Å². The number of rotatable bonds is 5.